The molecule has 0 atom stereocenters. The molecule has 1 radical (unpaired) electrons. The van der Waals surface area contributed by atoms with E-state index in [1.165, 1.54) is 0 Å². The Morgan fingerprint density at radius 2 is 2.29 bits per heavy atom. The first-order valence-corrected chi connectivity index (χ1v) is 2.92. The van der Waals surface area contributed by atoms with Gasteiger partial charge in [-0.15, -0.1) is 11.6 Å². The van der Waals surface area contributed by atoms with Crippen LogP contribution in [-0.4, -0.2) is 0 Å². The number of allylic oxidation sites excluding steroid dienone is 2. The molecule has 0 spiro atoms. The van der Waals surface area contributed by atoms with Crippen LogP contribution in [0.15, 0.2) is 12.2 Å². The van der Waals surface area contributed by atoms with Crippen molar-refractivity contribution in [2.75, 3.05) is 0 Å². The van der Waals surface area contributed by atoms with E-state index in [9.17, 15) is 0 Å². The molecule has 0 aromatic rings. The highest BCUT2D eigenvalue weighted by Crippen LogP contribution is 2.23. The standard InChI is InChI=1S/C6H8Cl/c7-6-4-2-1-3-5-6/h1-2H,3-5H2. The summed E-state index contributed by atoms with van der Waals surface area (Å²) >= 11 is 5.68. The van der Waals surface area contributed by atoms with Gasteiger partial charge in [-0.3, -0.25) is 0 Å². The van der Waals surface area contributed by atoms with Gasteiger partial charge in [-0.2, -0.15) is 0 Å². The SMILES string of the molecule is Cl[C]1CC=CCC1. The molecule has 7 heavy (non-hydrogen) atoms. The summed E-state index contributed by atoms with van der Waals surface area (Å²) < 4.78 is 0. The Morgan fingerprint density at radius 3 is 2.57 bits per heavy atom. The maximum absolute atomic E-state index is 5.68. The van der Waals surface area contributed by atoms with Gasteiger partial charge in [0.15, 0.2) is 0 Å². The van der Waals surface area contributed by atoms with Crippen LogP contribution in [0.3, 0.4) is 0 Å². The summed E-state index contributed by atoms with van der Waals surface area (Å²) in [6.07, 6.45) is 7.50. The highest BCUT2D eigenvalue weighted by atomic mass is 35.5. The largest absolute Gasteiger partial charge is 0.117 e. The van der Waals surface area contributed by atoms with Crippen LogP contribution in [0.2, 0.25) is 0 Å². The van der Waals surface area contributed by atoms with Crippen molar-refractivity contribution in [2.45, 2.75) is 19.3 Å². The fraction of sp³-hybridized carbons (Fsp3) is 0.500. The van der Waals surface area contributed by atoms with E-state index in [0.717, 1.165) is 24.6 Å². The van der Waals surface area contributed by atoms with Gasteiger partial charge in [-0.1, -0.05) is 12.2 Å². The third kappa shape index (κ3) is 1.52. The molecule has 1 aliphatic carbocycles. The second-order valence-corrected chi connectivity index (χ2v) is 2.27. The zero-order valence-corrected chi connectivity index (χ0v) is 4.91. The van der Waals surface area contributed by atoms with E-state index < -0.39 is 0 Å². The molecule has 0 bridgehead atoms. The molecule has 0 saturated heterocycles. The van der Waals surface area contributed by atoms with E-state index in [1.807, 2.05) is 0 Å². The Bertz CT molecular complexity index is 76.2. The fourth-order valence-electron chi connectivity index (χ4n) is 0.671. The average Bonchev–Trinajstić information content (AvgIpc) is 1.69. The molecular formula is C6H8Cl. The number of halogens is 1. The highest BCUT2D eigenvalue weighted by Gasteiger charge is 2.04. The van der Waals surface area contributed by atoms with E-state index in [2.05, 4.69) is 12.2 Å². The summed E-state index contributed by atoms with van der Waals surface area (Å²) in [7, 11) is 0. The lowest BCUT2D eigenvalue weighted by atomic mass is 10.1. The molecule has 0 heterocycles. The smallest absolute Gasteiger partial charge is 0.0678 e. The second-order valence-electron chi connectivity index (χ2n) is 1.73. The molecule has 0 aliphatic heterocycles. The first kappa shape index (κ1) is 5.17. The molecule has 39 valence electrons. The van der Waals surface area contributed by atoms with E-state index in [4.69, 9.17) is 11.6 Å². The third-order valence-corrected chi connectivity index (χ3v) is 1.43. The first-order chi connectivity index (χ1) is 3.39. The minimum atomic E-state index is 0.988. The van der Waals surface area contributed by atoms with Crippen molar-refractivity contribution in [1.29, 1.82) is 0 Å². The Balaban J connectivity index is 2.32. The van der Waals surface area contributed by atoms with Crippen molar-refractivity contribution >= 4 is 11.6 Å². The van der Waals surface area contributed by atoms with Gasteiger partial charge in [-0.05, 0) is 19.3 Å². The Hall–Kier alpha value is 0.0300. The lowest BCUT2D eigenvalue weighted by molar-refractivity contribution is 0.858. The molecule has 0 N–H and O–H groups in total. The van der Waals surface area contributed by atoms with Crippen LogP contribution in [0.4, 0.5) is 0 Å². The predicted octanol–water partition coefficient (Wildman–Crippen LogP) is 2.50. The van der Waals surface area contributed by atoms with Crippen molar-refractivity contribution < 1.29 is 0 Å². The summed E-state index contributed by atoms with van der Waals surface area (Å²) in [6.45, 7) is 0. The van der Waals surface area contributed by atoms with Crippen molar-refractivity contribution in [2.24, 2.45) is 0 Å². The second kappa shape index (κ2) is 2.37. The van der Waals surface area contributed by atoms with E-state index in [0.29, 0.717) is 0 Å². The van der Waals surface area contributed by atoms with E-state index in [1.54, 1.807) is 0 Å². The fourth-order valence-corrected chi connectivity index (χ4v) is 0.869. The minimum Gasteiger partial charge on any atom is -0.117 e. The molecule has 0 saturated carbocycles. The van der Waals surface area contributed by atoms with Gasteiger partial charge < -0.3 is 0 Å². The third-order valence-electron chi connectivity index (χ3n) is 1.09. The molecule has 0 amide bonds. The quantitative estimate of drug-likeness (QED) is 0.426. The first-order valence-electron chi connectivity index (χ1n) is 2.55. The Morgan fingerprint density at radius 1 is 1.43 bits per heavy atom. The minimum absolute atomic E-state index is 0.988. The van der Waals surface area contributed by atoms with Gasteiger partial charge in [0.25, 0.3) is 0 Å². The molecule has 1 rings (SSSR count). The summed E-state index contributed by atoms with van der Waals surface area (Å²) in [5.41, 5.74) is 0. The Labute approximate surface area is 49.2 Å². The van der Waals surface area contributed by atoms with Crippen LogP contribution in [0.25, 0.3) is 0 Å². The molecule has 0 fully saturated rings. The topological polar surface area (TPSA) is 0 Å². The van der Waals surface area contributed by atoms with Crippen molar-refractivity contribution in [3.05, 3.63) is 17.5 Å². The van der Waals surface area contributed by atoms with Crippen LogP contribution in [-0.2, 0) is 0 Å². The molecule has 1 heteroatoms. The van der Waals surface area contributed by atoms with Gasteiger partial charge >= 0.3 is 0 Å². The van der Waals surface area contributed by atoms with Gasteiger partial charge in [0.05, 0.1) is 5.38 Å². The Kier molecular flexibility index (Phi) is 1.75. The van der Waals surface area contributed by atoms with Crippen molar-refractivity contribution in [1.82, 2.24) is 0 Å². The van der Waals surface area contributed by atoms with Crippen LogP contribution in [0, 0.1) is 5.38 Å². The average molecular weight is 116 g/mol. The monoisotopic (exact) mass is 115 g/mol. The number of rotatable bonds is 0. The molecule has 0 aromatic heterocycles. The van der Waals surface area contributed by atoms with Crippen molar-refractivity contribution in [3.63, 3.8) is 0 Å². The highest BCUT2D eigenvalue weighted by molar-refractivity contribution is 6.27. The van der Waals surface area contributed by atoms with Crippen LogP contribution < -0.4 is 0 Å². The summed E-state index contributed by atoms with van der Waals surface area (Å²) in [5.74, 6) is 0. The lowest BCUT2D eigenvalue weighted by Crippen LogP contribution is -1.88. The molecular weight excluding hydrogens is 108 g/mol. The van der Waals surface area contributed by atoms with Gasteiger partial charge in [0, 0.05) is 0 Å². The lowest BCUT2D eigenvalue weighted by Gasteiger charge is -2.06. The summed E-state index contributed by atoms with van der Waals surface area (Å²) in [4.78, 5) is 0. The van der Waals surface area contributed by atoms with Crippen LogP contribution in [0.5, 0.6) is 0 Å². The normalized spacial score (nSPS) is 23.0. The molecule has 0 nitrogen and oxygen atoms in total. The maximum Gasteiger partial charge on any atom is 0.0678 e. The van der Waals surface area contributed by atoms with Crippen LogP contribution >= 0.6 is 11.6 Å². The number of hydrogen-bond donors (Lipinski definition) is 0. The number of hydrogen-bond acceptors (Lipinski definition) is 0. The van der Waals surface area contributed by atoms with E-state index >= 15 is 0 Å². The van der Waals surface area contributed by atoms with Gasteiger partial charge in [-0.25, -0.2) is 0 Å². The van der Waals surface area contributed by atoms with Gasteiger partial charge in [0.1, 0.15) is 0 Å². The van der Waals surface area contributed by atoms with Gasteiger partial charge in [0.2, 0.25) is 0 Å². The van der Waals surface area contributed by atoms with Crippen molar-refractivity contribution in [3.8, 4) is 0 Å². The zero-order valence-electron chi connectivity index (χ0n) is 4.15. The maximum atomic E-state index is 5.68. The summed E-state index contributed by atoms with van der Waals surface area (Å²) in [5, 5.41) is 1.10. The molecule has 1 aliphatic rings. The molecule has 0 aromatic carbocycles. The summed E-state index contributed by atoms with van der Waals surface area (Å²) in [6, 6.07) is 0. The molecule has 0 unspecified atom stereocenters. The zero-order chi connectivity index (χ0) is 5.11. The van der Waals surface area contributed by atoms with Crippen LogP contribution in [0.1, 0.15) is 19.3 Å². The predicted molar refractivity (Wildman–Crippen MR) is 32.1 cm³/mol. The van der Waals surface area contributed by atoms with E-state index in [-0.39, 0.29) is 0 Å².